The maximum atomic E-state index is 13.0. The van der Waals surface area contributed by atoms with E-state index >= 15 is 0 Å². The summed E-state index contributed by atoms with van der Waals surface area (Å²) >= 11 is 3.37. The Morgan fingerprint density at radius 3 is 2.60 bits per heavy atom. The quantitative estimate of drug-likeness (QED) is 0.618. The molecule has 0 atom stereocenters. The van der Waals surface area contributed by atoms with Crippen LogP contribution in [0.1, 0.15) is 0 Å². The summed E-state index contributed by atoms with van der Waals surface area (Å²) in [6, 6.07) is 5.86. The van der Waals surface area contributed by atoms with Gasteiger partial charge in [0.2, 0.25) is 0 Å². The molecule has 1 aliphatic heterocycles. The van der Waals surface area contributed by atoms with Gasteiger partial charge in [-0.05, 0) is 40.2 Å². The van der Waals surface area contributed by atoms with Gasteiger partial charge in [-0.2, -0.15) is 0 Å². The molecule has 3 rings (SSSR count). The van der Waals surface area contributed by atoms with Crippen LogP contribution in [0.4, 0.5) is 9.18 Å². The Balaban J connectivity index is 1.63. The van der Waals surface area contributed by atoms with Crippen molar-refractivity contribution < 1.29 is 18.7 Å². The van der Waals surface area contributed by atoms with Crippen molar-refractivity contribution in [2.24, 2.45) is 0 Å². The first kappa shape index (κ1) is 17.6. The van der Waals surface area contributed by atoms with Crippen LogP contribution in [-0.4, -0.2) is 52.7 Å². The first-order chi connectivity index (χ1) is 12.0. The number of nitrogens with zero attached hydrogens (tertiary/aromatic N) is 3. The van der Waals surface area contributed by atoms with E-state index in [1.54, 1.807) is 12.1 Å². The van der Waals surface area contributed by atoms with Crippen LogP contribution in [0, 0.1) is 5.82 Å². The van der Waals surface area contributed by atoms with E-state index in [0.717, 1.165) is 0 Å². The molecule has 9 heteroatoms. The number of carbonyl (C=O) groups excluding carboxylic acids is 2. The van der Waals surface area contributed by atoms with Gasteiger partial charge in [0.15, 0.2) is 0 Å². The number of carbonyl (C=O) groups is 2. The van der Waals surface area contributed by atoms with Crippen LogP contribution < -0.4 is 5.32 Å². The predicted molar refractivity (Wildman–Crippen MR) is 91.3 cm³/mol. The molecule has 1 saturated heterocycles. The van der Waals surface area contributed by atoms with Crippen molar-refractivity contribution in [1.29, 1.82) is 0 Å². The van der Waals surface area contributed by atoms with Crippen molar-refractivity contribution in [2.75, 3.05) is 26.2 Å². The summed E-state index contributed by atoms with van der Waals surface area (Å²) in [5, 5.41) is 3.12. The number of hydrogen-bond donors (Lipinski definition) is 1. The smallest absolute Gasteiger partial charge is 0.375 e. The van der Waals surface area contributed by atoms with Crippen molar-refractivity contribution in [3.8, 4) is 11.3 Å². The molecule has 1 aromatic carbocycles. The summed E-state index contributed by atoms with van der Waals surface area (Å²) in [7, 11) is 0. The molecule has 132 valence electrons. The summed E-state index contributed by atoms with van der Waals surface area (Å²) in [5.74, 6) is -1.01. The van der Waals surface area contributed by atoms with Crippen LogP contribution >= 0.6 is 15.9 Å². The molecule has 1 aliphatic rings. The SMILES string of the molecule is O=C(Cn1cnc(-c2ccc(F)cc2)c1Br)OC(=O)N1CCNCC1. The number of halogens is 2. The first-order valence-electron chi connectivity index (χ1n) is 7.71. The Morgan fingerprint density at radius 1 is 1.24 bits per heavy atom. The molecule has 0 bridgehead atoms. The molecular formula is C16H16BrFN4O3. The Kier molecular flexibility index (Phi) is 5.44. The lowest BCUT2D eigenvalue weighted by molar-refractivity contribution is -0.139. The Hall–Kier alpha value is -2.26. The maximum absolute atomic E-state index is 13.0. The van der Waals surface area contributed by atoms with Crippen molar-refractivity contribution in [3.63, 3.8) is 0 Å². The molecule has 0 saturated carbocycles. The highest BCUT2D eigenvalue weighted by atomic mass is 79.9. The normalized spacial score (nSPS) is 14.4. The molecule has 1 fully saturated rings. The third-order valence-electron chi connectivity index (χ3n) is 3.77. The number of amides is 1. The second-order valence-corrected chi connectivity index (χ2v) is 6.25. The number of esters is 1. The molecule has 0 aliphatic carbocycles. The molecule has 0 unspecified atom stereocenters. The van der Waals surface area contributed by atoms with Crippen LogP contribution in [-0.2, 0) is 16.1 Å². The number of imidazole rings is 1. The molecule has 1 aromatic heterocycles. The number of nitrogens with one attached hydrogen (secondary N) is 1. The van der Waals surface area contributed by atoms with Crippen molar-refractivity contribution >= 4 is 28.0 Å². The van der Waals surface area contributed by atoms with Gasteiger partial charge in [0.1, 0.15) is 22.7 Å². The third-order valence-corrected chi connectivity index (χ3v) is 4.60. The molecular weight excluding hydrogens is 395 g/mol. The highest BCUT2D eigenvalue weighted by molar-refractivity contribution is 9.10. The predicted octanol–water partition coefficient (Wildman–Crippen LogP) is 2.02. The minimum Gasteiger partial charge on any atom is -0.375 e. The van der Waals surface area contributed by atoms with E-state index in [-0.39, 0.29) is 12.4 Å². The standard InChI is InChI=1S/C16H16BrFN4O3/c17-15-14(11-1-3-12(18)4-2-11)20-10-22(15)9-13(23)25-16(24)21-7-5-19-6-8-21/h1-4,10,19H,5-9H2. The Labute approximate surface area is 151 Å². The van der Waals surface area contributed by atoms with Crippen LogP contribution in [0.25, 0.3) is 11.3 Å². The summed E-state index contributed by atoms with van der Waals surface area (Å²) in [6.45, 7) is 2.21. The highest BCUT2D eigenvalue weighted by Crippen LogP contribution is 2.27. The van der Waals surface area contributed by atoms with E-state index < -0.39 is 12.1 Å². The number of aromatic nitrogens is 2. The summed E-state index contributed by atoms with van der Waals surface area (Å²) in [4.78, 5) is 29.6. The van der Waals surface area contributed by atoms with Crippen LogP contribution in [0.3, 0.4) is 0 Å². The molecule has 7 nitrogen and oxygen atoms in total. The molecule has 0 spiro atoms. The summed E-state index contributed by atoms with van der Waals surface area (Å²) < 4.78 is 20.0. The number of piperazine rings is 1. The van der Waals surface area contributed by atoms with Gasteiger partial charge in [-0.15, -0.1) is 0 Å². The van der Waals surface area contributed by atoms with E-state index in [1.807, 2.05) is 0 Å². The van der Waals surface area contributed by atoms with Crippen molar-refractivity contribution in [2.45, 2.75) is 6.54 Å². The van der Waals surface area contributed by atoms with Crippen LogP contribution in [0.5, 0.6) is 0 Å². The fourth-order valence-electron chi connectivity index (χ4n) is 2.46. The van der Waals surface area contributed by atoms with Crippen LogP contribution in [0.15, 0.2) is 35.2 Å². The first-order valence-corrected chi connectivity index (χ1v) is 8.51. The minimum atomic E-state index is -0.674. The number of hydrogen-bond acceptors (Lipinski definition) is 5. The molecule has 25 heavy (non-hydrogen) atoms. The van der Waals surface area contributed by atoms with E-state index in [1.165, 1.54) is 27.9 Å². The van der Waals surface area contributed by atoms with Crippen molar-refractivity contribution in [3.05, 3.63) is 41.0 Å². The van der Waals surface area contributed by atoms with E-state index in [0.29, 0.717) is 42.0 Å². The van der Waals surface area contributed by atoms with Gasteiger partial charge in [-0.1, -0.05) is 0 Å². The van der Waals surface area contributed by atoms with Gasteiger partial charge in [0.05, 0.1) is 6.33 Å². The van der Waals surface area contributed by atoms with Gasteiger partial charge in [0, 0.05) is 31.7 Å². The molecule has 1 N–H and O–H groups in total. The van der Waals surface area contributed by atoms with Gasteiger partial charge in [-0.3, -0.25) is 0 Å². The number of rotatable bonds is 3. The average Bonchev–Trinajstić information content (AvgIpc) is 2.97. The van der Waals surface area contributed by atoms with Crippen molar-refractivity contribution in [1.82, 2.24) is 19.8 Å². The Bertz CT molecular complexity index is 772. The van der Waals surface area contributed by atoms with E-state index in [2.05, 4.69) is 26.2 Å². The van der Waals surface area contributed by atoms with Crippen LogP contribution in [0.2, 0.25) is 0 Å². The zero-order valence-corrected chi connectivity index (χ0v) is 14.8. The fourth-order valence-corrected chi connectivity index (χ4v) is 3.01. The summed E-state index contributed by atoms with van der Waals surface area (Å²) in [5.41, 5.74) is 1.28. The minimum absolute atomic E-state index is 0.160. The van der Waals surface area contributed by atoms with Gasteiger partial charge >= 0.3 is 12.1 Å². The van der Waals surface area contributed by atoms with Gasteiger partial charge in [-0.25, -0.2) is 19.0 Å². The third kappa shape index (κ3) is 4.23. The lowest BCUT2D eigenvalue weighted by atomic mass is 10.2. The zero-order valence-electron chi connectivity index (χ0n) is 13.2. The second-order valence-electron chi connectivity index (χ2n) is 5.50. The molecule has 2 aromatic rings. The van der Waals surface area contributed by atoms with E-state index in [9.17, 15) is 14.0 Å². The van der Waals surface area contributed by atoms with Gasteiger partial charge in [0.25, 0.3) is 0 Å². The topological polar surface area (TPSA) is 76.5 Å². The largest absolute Gasteiger partial charge is 0.417 e. The summed E-state index contributed by atoms with van der Waals surface area (Å²) in [6.07, 6.45) is 0.820. The van der Waals surface area contributed by atoms with Gasteiger partial charge < -0.3 is 19.5 Å². The molecule has 0 radical (unpaired) electrons. The van der Waals surface area contributed by atoms with E-state index in [4.69, 9.17) is 4.74 Å². The highest BCUT2D eigenvalue weighted by Gasteiger charge is 2.21. The monoisotopic (exact) mass is 410 g/mol. The molecule has 1 amide bonds. The molecule has 2 heterocycles. The maximum Gasteiger partial charge on any atom is 0.417 e. The lowest BCUT2D eigenvalue weighted by Crippen LogP contribution is -2.47. The Morgan fingerprint density at radius 2 is 1.92 bits per heavy atom. The average molecular weight is 411 g/mol. The number of benzene rings is 1. The lowest BCUT2D eigenvalue weighted by Gasteiger charge is -2.25. The number of ether oxygens (including phenoxy) is 1. The zero-order chi connectivity index (χ0) is 17.8. The fraction of sp³-hybridized carbons (Fsp3) is 0.312. The second kappa shape index (κ2) is 7.75.